The lowest BCUT2D eigenvalue weighted by Gasteiger charge is -2.02. The van der Waals surface area contributed by atoms with E-state index < -0.39 is 0 Å². The SMILES string of the molecule is Cc1cnccc1-c1cc[n+](C)cc1. The van der Waals surface area contributed by atoms with Crippen molar-refractivity contribution in [3.05, 3.63) is 48.5 Å². The van der Waals surface area contributed by atoms with Gasteiger partial charge in [-0.05, 0) is 29.7 Å². The molecule has 2 aromatic rings. The maximum absolute atomic E-state index is 4.08. The first-order valence-corrected chi connectivity index (χ1v) is 4.63. The number of aryl methyl sites for hydroxylation is 2. The molecule has 0 spiro atoms. The molecule has 0 bridgehead atoms. The van der Waals surface area contributed by atoms with Crippen molar-refractivity contribution >= 4 is 0 Å². The van der Waals surface area contributed by atoms with Crippen LogP contribution in [0, 0.1) is 6.92 Å². The molecule has 2 aromatic heterocycles. The Balaban J connectivity index is 2.50. The third kappa shape index (κ3) is 1.64. The number of hydrogen-bond donors (Lipinski definition) is 0. The molecule has 70 valence electrons. The molecule has 0 amide bonds. The maximum Gasteiger partial charge on any atom is 0.169 e. The molecule has 2 heterocycles. The van der Waals surface area contributed by atoms with Crippen LogP contribution >= 0.6 is 0 Å². The second-order valence-electron chi connectivity index (χ2n) is 3.44. The summed E-state index contributed by atoms with van der Waals surface area (Å²) in [6.07, 6.45) is 7.82. The molecule has 0 N–H and O–H groups in total. The lowest BCUT2D eigenvalue weighted by Crippen LogP contribution is -2.25. The third-order valence-electron chi connectivity index (χ3n) is 2.31. The van der Waals surface area contributed by atoms with Gasteiger partial charge in [-0.1, -0.05) is 0 Å². The summed E-state index contributed by atoms with van der Waals surface area (Å²) in [5.74, 6) is 0. The van der Waals surface area contributed by atoms with Crippen molar-refractivity contribution in [2.24, 2.45) is 7.05 Å². The van der Waals surface area contributed by atoms with Crippen LogP contribution in [0.1, 0.15) is 5.56 Å². The summed E-state index contributed by atoms with van der Waals surface area (Å²) in [7, 11) is 2.02. The normalized spacial score (nSPS) is 10.1. The smallest absolute Gasteiger partial charge is 0.169 e. The second kappa shape index (κ2) is 3.58. The number of hydrogen-bond acceptors (Lipinski definition) is 1. The van der Waals surface area contributed by atoms with Crippen LogP contribution in [0.15, 0.2) is 43.0 Å². The lowest BCUT2D eigenvalue weighted by atomic mass is 10.0. The molecule has 2 rings (SSSR count). The first kappa shape index (κ1) is 8.88. The fraction of sp³-hybridized carbons (Fsp3) is 0.167. The molecule has 0 aromatic carbocycles. The Hall–Kier alpha value is -1.70. The van der Waals surface area contributed by atoms with Crippen LogP contribution in [-0.4, -0.2) is 4.98 Å². The van der Waals surface area contributed by atoms with Gasteiger partial charge in [-0.25, -0.2) is 4.57 Å². The Morgan fingerprint density at radius 1 is 1.14 bits per heavy atom. The van der Waals surface area contributed by atoms with Crippen LogP contribution < -0.4 is 4.57 Å². The van der Waals surface area contributed by atoms with Gasteiger partial charge >= 0.3 is 0 Å². The average molecular weight is 185 g/mol. The molecular formula is C12H13N2+. The van der Waals surface area contributed by atoms with E-state index in [0.29, 0.717) is 0 Å². The van der Waals surface area contributed by atoms with Gasteiger partial charge in [0.15, 0.2) is 12.4 Å². The predicted molar refractivity (Wildman–Crippen MR) is 55.6 cm³/mol. The summed E-state index contributed by atoms with van der Waals surface area (Å²) in [5.41, 5.74) is 3.70. The third-order valence-corrected chi connectivity index (χ3v) is 2.31. The molecule has 14 heavy (non-hydrogen) atoms. The van der Waals surface area contributed by atoms with Gasteiger partial charge in [0.05, 0.1) is 0 Å². The number of nitrogens with zero attached hydrogens (tertiary/aromatic N) is 2. The standard InChI is InChI=1S/C12H13N2/c1-10-9-13-6-3-12(10)11-4-7-14(2)8-5-11/h3-9H,1-2H3/q+1. The van der Waals surface area contributed by atoms with E-state index in [1.54, 1.807) is 0 Å². The van der Waals surface area contributed by atoms with Crippen LogP contribution in [-0.2, 0) is 7.05 Å². The minimum atomic E-state index is 1.21. The first-order valence-electron chi connectivity index (χ1n) is 4.63. The highest BCUT2D eigenvalue weighted by atomic mass is 14.9. The summed E-state index contributed by atoms with van der Waals surface area (Å²) in [6.45, 7) is 2.08. The maximum atomic E-state index is 4.08. The van der Waals surface area contributed by atoms with Crippen molar-refractivity contribution in [1.29, 1.82) is 0 Å². The molecule has 0 aliphatic heterocycles. The highest BCUT2D eigenvalue weighted by Gasteiger charge is 2.02. The van der Waals surface area contributed by atoms with Gasteiger partial charge in [0.2, 0.25) is 0 Å². The van der Waals surface area contributed by atoms with E-state index in [4.69, 9.17) is 0 Å². The highest BCUT2D eigenvalue weighted by molar-refractivity contribution is 5.65. The zero-order chi connectivity index (χ0) is 9.97. The average Bonchev–Trinajstić information content (AvgIpc) is 2.20. The molecule has 0 atom stereocenters. The highest BCUT2D eigenvalue weighted by Crippen LogP contribution is 2.20. The molecule has 0 saturated heterocycles. The molecular weight excluding hydrogens is 172 g/mol. The monoisotopic (exact) mass is 185 g/mol. The van der Waals surface area contributed by atoms with Crippen molar-refractivity contribution in [1.82, 2.24) is 4.98 Å². The second-order valence-corrected chi connectivity index (χ2v) is 3.44. The van der Waals surface area contributed by atoms with E-state index >= 15 is 0 Å². The Kier molecular flexibility index (Phi) is 2.27. The Morgan fingerprint density at radius 2 is 1.86 bits per heavy atom. The number of rotatable bonds is 1. The van der Waals surface area contributed by atoms with Crippen molar-refractivity contribution in [2.45, 2.75) is 6.92 Å². The Labute approximate surface area is 83.9 Å². The van der Waals surface area contributed by atoms with Gasteiger partial charge in [0, 0.05) is 24.5 Å². The van der Waals surface area contributed by atoms with Crippen LogP contribution in [0.5, 0.6) is 0 Å². The molecule has 0 fully saturated rings. The van der Waals surface area contributed by atoms with Crippen LogP contribution in [0.3, 0.4) is 0 Å². The summed E-state index contributed by atoms with van der Waals surface area (Å²) < 4.78 is 2.03. The first-order chi connectivity index (χ1) is 6.77. The van der Waals surface area contributed by atoms with Gasteiger partial charge in [0.1, 0.15) is 7.05 Å². The van der Waals surface area contributed by atoms with E-state index in [9.17, 15) is 0 Å². The number of aromatic nitrogens is 2. The topological polar surface area (TPSA) is 16.8 Å². The summed E-state index contributed by atoms with van der Waals surface area (Å²) >= 11 is 0. The van der Waals surface area contributed by atoms with Gasteiger partial charge in [-0.3, -0.25) is 4.98 Å². The molecule has 0 saturated carbocycles. The van der Waals surface area contributed by atoms with Crippen LogP contribution in [0.4, 0.5) is 0 Å². The van der Waals surface area contributed by atoms with Gasteiger partial charge in [0.25, 0.3) is 0 Å². The predicted octanol–water partition coefficient (Wildman–Crippen LogP) is 1.88. The lowest BCUT2D eigenvalue weighted by molar-refractivity contribution is -0.671. The largest absolute Gasteiger partial charge is 0.264 e. The summed E-state index contributed by atoms with van der Waals surface area (Å²) in [4.78, 5) is 4.08. The van der Waals surface area contributed by atoms with Gasteiger partial charge in [-0.2, -0.15) is 0 Å². The van der Waals surface area contributed by atoms with Crippen molar-refractivity contribution in [2.75, 3.05) is 0 Å². The molecule has 2 heteroatoms. The molecule has 0 radical (unpaired) electrons. The van der Waals surface area contributed by atoms with E-state index in [1.165, 1.54) is 16.7 Å². The zero-order valence-electron chi connectivity index (χ0n) is 8.44. The van der Waals surface area contributed by atoms with Crippen LogP contribution in [0.25, 0.3) is 11.1 Å². The fourth-order valence-corrected chi connectivity index (χ4v) is 1.48. The van der Waals surface area contributed by atoms with Gasteiger partial charge < -0.3 is 0 Å². The van der Waals surface area contributed by atoms with Crippen LogP contribution in [0.2, 0.25) is 0 Å². The molecule has 0 aliphatic carbocycles. The molecule has 0 aliphatic rings. The zero-order valence-corrected chi connectivity index (χ0v) is 8.44. The van der Waals surface area contributed by atoms with E-state index in [0.717, 1.165) is 0 Å². The summed E-state index contributed by atoms with van der Waals surface area (Å²) in [5, 5.41) is 0. The number of pyridine rings is 2. The Morgan fingerprint density at radius 3 is 2.50 bits per heavy atom. The van der Waals surface area contributed by atoms with Crippen molar-refractivity contribution in [3.8, 4) is 11.1 Å². The van der Waals surface area contributed by atoms with Crippen molar-refractivity contribution in [3.63, 3.8) is 0 Å². The van der Waals surface area contributed by atoms with E-state index in [2.05, 4.69) is 36.4 Å². The summed E-state index contributed by atoms with van der Waals surface area (Å²) in [6, 6.07) is 6.27. The fourth-order valence-electron chi connectivity index (χ4n) is 1.48. The minimum Gasteiger partial charge on any atom is -0.264 e. The minimum absolute atomic E-state index is 1.21. The molecule has 0 unspecified atom stereocenters. The Bertz CT molecular complexity index is 432. The van der Waals surface area contributed by atoms with E-state index in [1.807, 2.05) is 30.1 Å². The quantitative estimate of drug-likeness (QED) is 0.620. The van der Waals surface area contributed by atoms with Crippen molar-refractivity contribution < 1.29 is 4.57 Å². The molecule has 2 nitrogen and oxygen atoms in total. The van der Waals surface area contributed by atoms with Gasteiger partial charge in [-0.15, -0.1) is 0 Å². The van der Waals surface area contributed by atoms with E-state index in [-0.39, 0.29) is 0 Å².